The van der Waals surface area contributed by atoms with Crippen LogP contribution in [0.4, 0.5) is 15.3 Å². The Morgan fingerprint density at radius 1 is 1.00 bits per heavy atom. The summed E-state index contributed by atoms with van der Waals surface area (Å²) in [5.74, 6) is -0.333. The minimum absolute atomic E-state index is 0.112. The molecule has 21 heavy (non-hydrogen) atoms. The lowest BCUT2D eigenvalue weighted by molar-refractivity contribution is 0.440. The van der Waals surface area contributed by atoms with Crippen molar-refractivity contribution in [1.82, 2.24) is 0 Å². The highest BCUT2D eigenvalue weighted by molar-refractivity contribution is 7.81. The maximum atomic E-state index is 12.4. The molecule has 0 heterocycles. The van der Waals surface area contributed by atoms with Crippen LogP contribution in [0, 0.1) is 0 Å². The van der Waals surface area contributed by atoms with Gasteiger partial charge in [-0.1, -0.05) is 33.2 Å². The predicted octanol–water partition coefficient (Wildman–Crippen LogP) is 5.00. The summed E-state index contributed by atoms with van der Waals surface area (Å²) in [6.45, 7) is 0. The van der Waals surface area contributed by atoms with Crippen LogP contribution in [-0.4, -0.2) is 8.42 Å². The Morgan fingerprint density at radius 2 is 1.67 bits per heavy atom. The fourth-order valence-electron chi connectivity index (χ4n) is 1.38. The zero-order valence-corrected chi connectivity index (χ0v) is 12.5. The summed E-state index contributed by atoms with van der Waals surface area (Å²) in [5.41, 5.74) is 0.869. The quantitative estimate of drug-likeness (QED) is 0.576. The van der Waals surface area contributed by atoms with Crippen LogP contribution in [0.3, 0.4) is 0 Å². The van der Waals surface area contributed by atoms with Crippen LogP contribution in [0.5, 0.6) is 5.75 Å². The van der Waals surface area contributed by atoms with E-state index in [4.69, 9.17) is 23.2 Å². The van der Waals surface area contributed by atoms with Gasteiger partial charge in [-0.25, -0.2) is 0 Å². The number of benzene rings is 2. The first-order valence-electron chi connectivity index (χ1n) is 5.44. The maximum Gasteiger partial charge on any atom is 0.488 e. The normalized spacial score (nSPS) is 11.8. The van der Waals surface area contributed by atoms with Gasteiger partial charge < -0.3 is 4.18 Å². The summed E-state index contributed by atoms with van der Waals surface area (Å²) in [5, 5.41) is 8.23. The first kappa shape index (κ1) is 15.7. The van der Waals surface area contributed by atoms with Crippen LogP contribution in [0.1, 0.15) is 0 Å². The molecular weight excluding hydrogens is 342 g/mol. The second-order valence-electron chi connectivity index (χ2n) is 3.77. The minimum atomic E-state index is -5.13. The molecule has 5 nitrogen and oxygen atoms in total. The molecule has 2 rings (SSSR count). The predicted molar refractivity (Wildman–Crippen MR) is 77.7 cm³/mol. The standard InChI is InChI=1S/C12H7Cl2FN2O3S/c13-8-2-1-3-9(6-8)16-17-10-4-5-12(11(14)7-10)20-21(15,18)19/h1-7H/b17-16+. The van der Waals surface area contributed by atoms with Gasteiger partial charge in [0, 0.05) is 5.02 Å². The molecule has 0 saturated carbocycles. The first-order chi connectivity index (χ1) is 9.83. The van der Waals surface area contributed by atoms with E-state index >= 15 is 0 Å². The van der Waals surface area contributed by atoms with E-state index < -0.39 is 10.5 Å². The summed E-state index contributed by atoms with van der Waals surface area (Å²) in [6, 6.07) is 10.6. The molecule has 2 aromatic rings. The fraction of sp³-hybridized carbons (Fsp3) is 0. The average molecular weight is 349 g/mol. The van der Waals surface area contributed by atoms with Crippen molar-refractivity contribution >= 4 is 45.1 Å². The second kappa shape index (κ2) is 6.38. The molecule has 0 N–H and O–H groups in total. The van der Waals surface area contributed by atoms with Crippen LogP contribution in [0.2, 0.25) is 10.0 Å². The molecule has 0 fully saturated rings. The molecule has 0 atom stereocenters. The maximum absolute atomic E-state index is 12.4. The van der Waals surface area contributed by atoms with Crippen LogP contribution in [0.25, 0.3) is 0 Å². The topological polar surface area (TPSA) is 68.1 Å². The minimum Gasteiger partial charge on any atom is -0.357 e. The number of halogens is 3. The van der Waals surface area contributed by atoms with E-state index in [2.05, 4.69) is 14.4 Å². The molecule has 0 aromatic heterocycles. The molecular formula is C12H7Cl2FN2O3S. The summed E-state index contributed by atoms with van der Waals surface area (Å²) in [6.07, 6.45) is 0. The largest absolute Gasteiger partial charge is 0.488 e. The van der Waals surface area contributed by atoms with Gasteiger partial charge in [0.25, 0.3) is 0 Å². The number of hydrogen-bond acceptors (Lipinski definition) is 5. The van der Waals surface area contributed by atoms with Crippen molar-refractivity contribution in [3.05, 3.63) is 52.5 Å². The van der Waals surface area contributed by atoms with E-state index in [1.165, 1.54) is 18.2 Å². The first-order valence-corrected chi connectivity index (χ1v) is 7.51. The summed E-state index contributed by atoms with van der Waals surface area (Å²) < 4.78 is 37.2. The van der Waals surface area contributed by atoms with E-state index in [1.807, 2.05) is 0 Å². The third-order valence-electron chi connectivity index (χ3n) is 2.19. The summed E-state index contributed by atoms with van der Waals surface area (Å²) in [7, 11) is -5.13. The Hall–Kier alpha value is -1.70. The number of azo groups is 1. The molecule has 0 aliphatic carbocycles. The third-order valence-corrected chi connectivity index (χ3v) is 3.10. The molecule has 0 radical (unpaired) electrons. The van der Waals surface area contributed by atoms with Crippen molar-refractivity contribution in [2.75, 3.05) is 0 Å². The van der Waals surface area contributed by atoms with E-state index in [9.17, 15) is 12.3 Å². The highest BCUT2D eigenvalue weighted by Gasteiger charge is 2.13. The molecule has 0 saturated heterocycles. The van der Waals surface area contributed by atoms with Gasteiger partial charge in [0.15, 0.2) is 5.75 Å². The summed E-state index contributed by atoms with van der Waals surface area (Å²) >= 11 is 11.6. The van der Waals surface area contributed by atoms with Gasteiger partial charge in [-0.2, -0.15) is 18.6 Å². The molecule has 0 unspecified atom stereocenters. The lowest BCUT2D eigenvalue weighted by atomic mass is 10.3. The van der Waals surface area contributed by atoms with Crippen molar-refractivity contribution in [3.63, 3.8) is 0 Å². The van der Waals surface area contributed by atoms with Gasteiger partial charge in [0.05, 0.1) is 16.4 Å². The van der Waals surface area contributed by atoms with Gasteiger partial charge in [0.1, 0.15) is 0 Å². The summed E-state index contributed by atoms with van der Waals surface area (Å²) in [4.78, 5) is 0. The Balaban J connectivity index is 2.21. The van der Waals surface area contributed by atoms with Crippen LogP contribution < -0.4 is 4.18 Å². The molecule has 110 valence electrons. The van der Waals surface area contributed by atoms with Crippen LogP contribution in [0.15, 0.2) is 52.7 Å². The molecule has 2 aromatic carbocycles. The Morgan fingerprint density at radius 3 is 2.24 bits per heavy atom. The average Bonchev–Trinajstić information content (AvgIpc) is 2.38. The highest BCUT2D eigenvalue weighted by atomic mass is 35.5. The van der Waals surface area contributed by atoms with Crippen LogP contribution in [-0.2, 0) is 10.5 Å². The molecule has 0 aliphatic rings. The van der Waals surface area contributed by atoms with Gasteiger partial charge in [-0.3, -0.25) is 0 Å². The van der Waals surface area contributed by atoms with Crippen molar-refractivity contribution in [1.29, 1.82) is 0 Å². The van der Waals surface area contributed by atoms with Gasteiger partial charge >= 0.3 is 10.5 Å². The van der Waals surface area contributed by atoms with E-state index in [0.717, 1.165) is 0 Å². The van der Waals surface area contributed by atoms with Crippen molar-refractivity contribution in [3.8, 4) is 5.75 Å². The Bertz CT molecular complexity index is 797. The number of rotatable bonds is 4. The van der Waals surface area contributed by atoms with Crippen molar-refractivity contribution in [2.45, 2.75) is 0 Å². The molecule has 9 heteroatoms. The van der Waals surface area contributed by atoms with E-state index in [0.29, 0.717) is 16.4 Å². The molecule has 0 aliphatic heterocycles. The van der Waals surface area contributed by atoms with E-state index in [-0.39, 0.29) is 10.8 Å². The highest BCUT2D eigenvalue weighted by Crippen LogP contribution is 2.31. The lowest BCUT2D eigenvalue weighted by Crippen LogP contribution is -2.01. The van der Waals surface area contributed by atoms with Crippen molar-refractivity contribution < 1.29 is 16.5 Å². The lowest BCUT2D eigenvalue weighted by Gasteiger charge is -2.02. The van der Waals surface area contributed by atoms with Gasteiger partial charge in [-0.05, 0) is 36.4 Å². The second-order valence-corrected chi connectivity index (χ2v) is 5.57. The zero-order chi connectivity index (χ0) is 15.5. The van der Waals surface area contributed by atoms with Crippen LogP contribution >= 0.6 is 23.2 Å². The fourth-order valence-corrected chi connectivity index (χ4v) is 2.18. The number of hydrogen-bond donors (Lipinski definition) is 0. The van der Waals surface area contributed by atoms with Crippen molar-refractivity contribution in [2.24, 2.45) is 10.2 Å². The zero-order valence-electron chi connectivity index (χ0n) is 10.2. The smallest absolute Gasteiger partial charge is 0.357 e. The molecule has 0 amide bonds. The van der Waals surface area contributed by atoms with Gasteiger partial charge in [-0.15, -0.1) is 0 Å². The third kappa shape index (κ3) is 4.96. The molecule has 0 spiro atoms. The monoisotopic (exact) mass is 348 g/mol. The SMILES string of the molecule is O=S(=O)(F)Oc1ccc(/N=N/c2cccc(Cl)c2)cc1Cl. The van der Waals surface area contributed by atoms with Gasteiger partial charge in [0.2, 0.25) is 0 Å². The number of nitrogens with zero attached hydrogens (tertiary/aromatic N) is 2. The Labute approximate surface area is 130 Å². The van der Waals surface area contributed by atoms with E-state index in [1.54, 1.807) is 24.3 Å². The Kier molecular flexibility index (Phi) is 4.76. The molecule has 0 bridgehead atoms.